The first-order chi connectivity index (χ1) is 28.8. The van der Waals surface area contributed by atoms with E-state index in [1.165, 1.54) is 33.5 Å². The minimum absolute atomic E-state index is 0. The predicted molar refractivity (Wildman–Crippen MR) is 264 cm³/mol. The third-order valence-electron chi connectivity index (χ3n) is 9.41. The molecule has 0 saturated heterocycles. The van der Waals surface area contributed by atoms with E-state index in [4.69, 9.17) is 0 Å². The van der Waals surface area contributed by atoms with Crippen molar-refractivity contribution in [1.82, 2.24) is 0 Å². The van der Waals surface area contributed by atoms with Crippen LogP contribution in [0.1, 0.15) is 12.8 Å². The summed E-state index contributed by atoms with van der Waals surface area (Å²) in [6.07, 6.45) is 13.5. The van der Waals surface area contributed by atoms with Gasteiger partial charge >= 0.3 is 21.1 Å². The number of allylic oxidation sites excluding steroid dienone is 4. The topological polar surface area (TPSA) is 0 Å². The maximum Gasteiger partial charge on any atom is 2.00 e. The summed E-state index contributed by atoms with van der Waals surface area (Å²) < 4.78 is 0. The largest absolute Gasteiger partial charge is 2.00 e. The van der Waals surface area contributed by atoms with Gasteiger partial charge in [-0.05, 0) is 61.4 Å². The van der Waals surface area contributed by atoms with Crippen molar-refractivity contribution in [3.05, 3.63) is 274 Å². The van der Waals surface area contributed by atoms with Crippen molar-refractivity contribution < 1.29 is 42.1 Å². The number of benzene rings is 8. The van der Waals surface area contributed by atoms with Crippen LogP contribution in [0.15, 0.2) is 243 Å². The Kier molecular flexibility index (Phi) is 25.4. The van der Waals surface area contributed by atoms with Gasteiger partial charge in [-0.3, -0.25) is 0 Å². The van der Waals surface area contributed by atoms with Crippen LogP contribution >= 0.6 is 15.8 Å². The average molecular weight is 1190 g/mol. The molecule has 0 heterocycles. The van der Waals surface area contributed by atoms with Gasteiger partial charge in [0.05, 0.1) is 37.1 Å². The first-order valence-corrected chi connectivity index (χ1v) is 23.4. The Morgan fingerprint density at radius 1 is 0.311 bits per heavy atom. The second-order valence-corrected chi connectivity index (χ2v) is 18.7. The Morgan fingerprint density at radius 3 is 0.705 bits per heavy atom. The summed E-state index contributed by atoms with van der Waals surface area (Å²) in [6.45, 7) is 0. The molecule has 9 rings (SSSR count). The zero-order valence-electron chi connectivity index (χ0n) is 34.6. The maximum atomic E-state index is 3.15. The van der Waals surface area contributed by atoms with Gasteiger partial charge in [0.15, 0.2) is 0 Å². The number of rotatable bonds is 9. The molecule has 0 radical (unpaired) electrons. The Bertz CT molecular complexity index is 1980. The number of hydrogen-bond donors (Lipinski definition) is 0. The summed E-state index contributed by atoms with van der Waals surface area (Å²) in [5.74, 6) is 0. The molecule has 1 aliphatic rings. The molecule has 4 heteroatoms. The van der Waals surface area contributed by atoms with Gasteiger partial charge in [-0.2, -0.15) is 97.1 Å². The molecular formula is C57H53P2Pt2-. The predicted octanol–water partition coefficient (Wildman–Crippen LogP) is 13.0. The van der Waals surface area contributed by atoms with Gasteiger partial charge < -0.3 is 7.43 Å². The van der Waals surface area contributed by atoms with Gasteiger partial charge in [0, 0.05) is 21.1 Å². The van der Waals surface area contributed by atoms with E-state index in [0.29, 0.717) is 0 Å². The molecule has 0 N–H and O–H groups in total. The fourth-order valence-corrected chi connectivity index (χ4v) is 12.7. The van der Waals surface area contributed by atoms with Crippen LogP contribution in [-0.4, -0.2) is 12.3 Å². The van der Waals surface area contributed by atoms with Crippen LogP contribution < -0.4 is 21.2 Å². The summed E-state index contributed by atoms with van der Waals surface area (Å²) in [7, 11) is -1.57. The van der Waals surface area contributed by atoms with E-state index in [9.17, 15) is 0 Å². The van der Waals surface area contributed by atoms with Crippen molar-refractivity contribution in [3.8, 4) is 22.3 Å². The molecule has 0 aliphatic heterocycles. The molecule has 1 aliphatic carbocycles. The molecule has 0 aromatic heterocycles. The Hall–Kier alpha value is -4.52. The van der Waals surface area contributed by atoms with E-state index in [0.717, 1.165) is 35.1 Å². The average Bonchev–Trinajstić information content (AvgIpc) is 3.34. The first kappa shape index (κ1) is 50.8. The van der Waals surface area contributed by atoms with Gasteiger partial charge in [0.25, 0.3) is 0 Å². The molecular weight excluding hydrogens is 1140 g/mol. The van der Waals surface area contributed by atoms with Gasteiger partial charge in [0.1, 0.15) is 12.3 Å². The molecule has 0 saturated carbocycles. The van der Waals surface area contributed by atoms with Crippen LogP contribution in [0.5, 0.6) is 0 Å². The molecule has 8 aromatic rings. The SMILES string of the molecule is C1=CCC=CC1.[CH3-].[Pt+2].[Pt].[c-]1ccccc1-c1[c-]cccc1.[c-]1ccccc1-c1[c-]cccc1.c1ccc([PH+](CC[PH+](c2ccccc2)c2ccccc2)c2ccccc2)cc1. The van der Waals surface area contributed by atoms with Gasteiger partial charge in [-0.15, -0.1) is 24.3 Å². The van der Waals surface area contributed by atoms with Crippen LogP contribution in [0.2, 0.25) is 0 Å². The molecule has 0 nitrogen and oxygen atoms in total. The Balaban J connectivity index is 0.000000249. The zero-order valence-corrected chi connectivity index (χ0v) is 41.1. The molecule has 0 fully saturated rings. The van der Waals surface area contributed by atoms with E-state index >= 15 is 0 Å². The smallest absolute Gasteiger partial charge is 0.358 e. The summed E-state index contributed by atoms with van der Waals surface area (Å²) in [5, 5.41) is 6.06. The van der Waals surface area contributed by atoms with Crippen LogP contribution in [0.25, 0.3) is 22.3 Å². The van der Waals surface area contributed by atoms with E-state index in [1.807, 2.05) is 97.1 Å². The monoisotopic (exact) mass is 1190 g/mol. The minimum atomic E-state index is -0.783. The van der Waals surface area contributed by atoms with E-state index < -0.39 is 15.8 Å². The minimum Gasteiger partial charge on any atom is -0.358 e. The van der Waals surface area contributed by atoms with Crippen molar-refractivity contribution in [2.45, 2.75) is 12.8 Å². The van der Waals surface area contributed by atoms with Gasteiger partial charge in [-0.25, -0.2) is 22.3 Å². The molecule has 0 amide bonds. The molecule has 0 spiro atoms. The van der Waals surface area contributed by atoms with Crippen molar-refractivity contribution in [1.29, 1.82) is 0 Å². The van der Waals surface area contributed by atoms with Crippen LogP contribution in [-0.2, 0) is 42.1 Å². The van der Waals surface area contributed by atoms with E-state index in [-0.39, 0.29) is 49.6 Å². The standard InChI is InChI=1S/C26H24P2.2C12H8.C6H8.CH3.2Pt/c1-5-13-23(14-6-1)27(24-15-7-2-8-16-24)21-22-28(25-17-9-3-10-18-25)26-19-11-4-12-20-26;2*1-3-7-11(8-4-1)12-9-5-2-6-10-12;1-2-4-6-5-3-1;;;/h1-20H,21-22H2;2*1-7,9H;1-2,5-6H,3-4H2;1H3;;/q;2*-2;;-1;;+2/p+2. The summed E-state index contributed by atoms with van der Waals surface area (Å²) in [4.78, 5) is 0. The van der Waals surface area contributed by atoms with E-state index in [2.05, 4.69) is 170 Å². The second kappa shape index (κ2) is 30.5. The van der Waals surface area contributed by atoms with Crippen LogP contribution in [0.3, 0.4) is 0 Å². The third-order valence-corrected chi connectivity index (χ3v) is 15.5. The molecule has 0 atom stereocenters. The second-order valence-electron chi connectivity index (χ2n) is 13.4. The van der Waals surface area contributed by atoms with E-state index in [1.54, 1.807) is 0 Å². The summed E-state index contributed by atoms with van der Waals surface area (Å²) in [5.41, 5.74) is 4.38. The summed E-state index contributed by atoms with van der Waals surface area (Å²) in [6, 6.07) is 88.8. The quantitative estimate of drug-likeness (QED) is 0.0768. The normalized spacial score (nSPS) is 10.7. The van der Waals surface area contributed by atoms with Crippen molar-refractivity contribution in [3.63, 3.8) is 0 Å². The maximum absolute atomic E-state index is 3.15. The molecule has 0 bridgehead atoms. The van der Waals surface area contributed by atoms with Gasteiger partial charge in [-0.1, -0.05) is 97.1 Å². The Morgan fingerprint density at radius 2 is 0.525 bits per heavy atom. The molecule has 312 valence electrons. The molecule has 8 aromatic carbocycles. The van der Waals surface area contributed by atoms with Gasteiger partial charge in [0.2, 0.25) is 0 Å². The fourth-order valence-electron chi connectivity index (χ4n) is 6.50. The zero-order chi connectivity index (χ0) is 39.7. The molecule has 61 heavy (non-hydrogen) atoms. The summed E-state index contributed by atoms with van der Waals surface area (Å²) >= 11 is 0. The van der Waals surface area contributed by atoms with Crippen molar-refractivity contribution in [2.24, 2.45) is 0 Å². The number of hydrogen-bond acceptors (Lipinski definition) is 0. The Labute approximate surface area is 398 Å². The fraction of sp³-hybridized carbons (Fsp3) is 0.0702. The third kappa shape index (κ3) is 17.8. The van der Waals surface area contributed by atoms with Crippen molar-refractivity contribution in [2.75, 3.05) is 12.3 Å². The van der Waals surface area contributed by atoms with Crippen molar-refractivity contribution >= 4 is 37.1 Å². The molecule has 0 unspecified atom stereocenters. The van der Waals surface area contributed by atoms with Crippen LogP contribution in [0.4, 0.5) is 0 Å². The first-order valence-electron chi connectivity index (χ1n) is 20.0. The van der Waals surface area contributed by atoms with Crippen LogP contribution in [0, 0.1) is 31.7 Å².